The van der Waals surface area contributed by atoms with Crippen LogP contribution in [0.5, 0.6) is 0 Å². The predicted molar refractivity (Wildman–Crippen MR) is 120 cm³/mol. The first-order chi connectivity index (χ1) is 16.1. The highest BCUT2D eigenvalue weighted by Gasteiger charge is 2.63. The van der Waals surface area contributed by atoms with Crippen molar-refractivity contribution in [2.24, 2.45) is 0 Å². The summed E-state index contributed by atoms with van der Waals surface area (Å²) in [7, 11) is 1.44. The Balaban J connectivity index is 1.76. The summed E-state index contributed by atoms with van der Waals surface area (Å²) in [5.74, 6) is -1.42. The van der Waals surface area contributed by atoms with Gasteiger partial charge in [-0.05, 0) is 44.9 Å². The fourth-order valence-corrected chi connectivity index (χ4v) is 4.76. The maximum absolute atomic E-state index is 10.6. The Morgan fingerprint density at radius 2 is 1.85 bits per heavy atom. The molecule has 0 aromatic heterocycles. The Kier molecular flexibility index (Phi) is 7.61. The molecule has 3 aliphatic heterocycles. The molecule has 1 aromatic rings. The van der Waals surface area contributed by atoms with Gasteiger partial charge in [-0.25, -0.2) is 4.89 Å². The standard InChI is InChI=1S/C23H32O10S/c1-6-22(4)16(13-7-9-14(10-8-13)34-33-27-5)20(29-12(2)3)23(32-22)28-11-15-19(31-23)17(24)18(25)21(26)30-15/h7-10,12,15,17-19,21,24-26H,6,11H2,1-5H3/t15?,17?,18?,19?,21?,22-,23?/m0/s1. The molecule has 2 saturated heterocycles. The maximum Gasteiger partial charge on any atom is 0.347 e. The molecule has 0 aliphatic carbocycles. The molecular formula is C23H32O10S. The Morgan fingerprint density at radius 1 is 1.15 bits per heavy atom. The summed E-state index contributed by atoms with van der Waals surface area (Å²) in [5, 5.41) is 30.6. The van der Waals surface area contributed by atoms with Crippen molar-refractivity contribution in [3.8, 4) is 0 Å². The van der Waals surface area contributed by atoms with Crippen molar-refractivity contribution in [1.29, 1.82) is 0 Å². The minimum absolute atomic E-state index is 0.0481. The molecule has 1 aromatic carbocycles. The first-order valence-electron chi connectivity index (χ1n) is 11.3. The van der Waals surface area contributed by atoms with Crippen molar-refractivity contribution in [3.63, 3.8) is 0 Å². The lowest BCUT2D eigenvalue weighted by molar-refractivity contribution is -0.456. The lowest BCUT2D eigenvalue weighted by atomic mass is 9.88. The Bertz CT molecular complexity index is 890. The van der Waals surface area contributed by atoms with Crippen LogP contribution < -0.4 is 0 Å². The molecule has 4 rings (SSSR count). The number of aliphatic hydroxyl groups is 3. The summed E-state index contributed by atoms with van der Waals surface area (Å²) in [6.07, 6.45) is -5.96. The van der Waals surface area contributed by atoms with Crippen LogP contribution in [0.4, 0.5) is 0 Å². The van der Waals surface area contributed by atoms with Gasteiger partial charge in [0.25, 0.3) is 0 Å². The fourth-order valence-electron chi connectivity index (χ4n) is 4.37. The van der Waals surface area contributed by atoms with Crippen LogP contribution in [0.3, 0.4) is 0 Å². The molecule has 0 saturated carbocycles. The average Bonchev–Trinajstić information content (AvgIpc) is 3.04. The first-order valence-corrected chi connectivity index (χ1v) is 12.0. The number of rotatable bonds is 7. The topological polar surface area (TPSA) is 125 Å². The molecule has 11 heteroatoms. The Labute approximate surface area is 202 Å². The quantitative estimate of drug-likeness (QED) is 0.290. The van der Waals surface area contributed by atoms with Gasteiger partial charge in [-0.2, -0.15) is 4.33 Å². The van der Waals surface area contributed by atoms with Crippen LogP contribution >= 0.6 is 12.0 Å². The maximum atomic E-state index is 10.6. The number of fused-ring (bicyclic) bond motifs is 1. The third kappa shape index (κ3) is 4.62. The summed E-state index contributed by atoms with van der Waals surface area (Å²) in [4.78, 5) is 5.49. The van der Waals surface area contributed by atoms with Crippen molar-refractivity contribution < 1.29 is 48.2 Å². The zero-order valence-electron chi connectivity index (χ0n) is 19.8. The van der Waals surface area contributed by atoms with Crippen LogP contribution in [-0.4, -0.2) is 77.4 Å². The van der Waals surface area contributed by atoms with Crippen LogP contribution in [0.1, 0.15) is 39.7 Å². The van der Waals surface area contributed by atoms with Gasteiger partial charge < -0.3 is 39.0 Å². The molecule has 0 bridgehead atoms. The van der Waals surface area contributed by atoms with Gasteiger partial charge in [-0.3, -0.25) is 0 Å². The average molecular weight is 501 g/mol. The predicted octanol–water partition coefficient (Wildman–Crippen LogP) is 2.11. The smallest absolute Gasteiger partial charge is 0.347 e. The molecule has 0 amide bonds. The van der Waals surface area contributed by atoms with Crippen LogP contribution in [0.25, 0.3) is 5.57 Å². The second-order valence-electron chi connectivity index (χ2n) is 8.90. The molecular weight excluding hydrogens is 468 g/mol. The largest absolute Gasteiger partial charge is 0.487 e. The third-order valence-corrected chi connectivity index (χ3v) is 6.82. The summed E-state index contributed by atoms with van der Waals surface area (Å²) in [6, 6.07) is 7.60. The third-order valence-electron chi connectivity index (χ3n) is 6.15. The van der Waals surface area contributed by atoms with Crippen molar-refractivity contribution in [3.05, 3.63) is 35.6 Å². The summed E-state index contributed by atoms with van der Waals surface area (Å²) in [5.41, 5.74) is 0.731. The molecule has 34 heavy (non-hydrogen) atoms. The SMILES string of the molecule is CC[C@]1(C)OC2(OCC3OC(O)C(O)C(O)C3O2)C(OC(C)C)=C1c1ccc(SOOC)cc1. The van der Waals surface area contributed by atoms with Gasteiger partial charge >= 0.3 is 5.97 Å². The molecule has 0 radical (unpaired) electrons. The van der Waals surface area contributed by atoms with Gasteiger partial charge in [0.2, 0.25) is 0 Å². The van der Waals surface area contributed by atoms with Crippen molar-refractivity contribution in [2.45, 2.75) is 87.4 Å². The molecule has 10 nitrogen and oxygen atoms in total. The second kappa shape index (κ2) is 10.0. The minimum Gasteiger partial charge on any atom is -0.487 e. The highest BCUT2D eigenvalue weighted by molar-refractivity contribution is 7.94. The van der Waals surface area contributed by atoms with Gasteiger partial charge in [0.05, 0.1) is 31.9 Å². The van der Waals surface area contributed by atoms with Gasteiger partial charge in [0, 0.05) is 10.5 Å². The highest BCUT2D eigenvalue weighted by Crippen LogP contribution is 2.53. The molecule has 3 aliphatic rings. The number of hydrogen-bond acceptors (Lipinski definition) is 11. The number of hydrogen-bond donors (Lipinski definition) is 3. The van der Waals surface area contributed by atoms with Crippen molar-refractivity contribution in [2.75, 3.05) is 13.7 Å². The number of benzene rings is 1. The minimum atomic E-state index is -1.76. The Morgan fingerprint density at radius 3 is 2.47 bits per heavy atom. The van der Waals surface area contributed by atoms with Gasteiger partial charge in [0.1, 0.15) is 30.0 Å². The molecule has 190 valence electrons. The van der Waals surface area contributed by atoms with E-state index in [0.717, 1.165) is 28.1 Å². The summed E-state index contributed by atoms with van der Waals surface area (Å²) >= 11 is 1.09. The van der Waals surface area contributed by atoms with Crippen molar-refractivity contribution in [1.82, 2.24) is 0 Å². The van der Waals surface area contributed by atoms with E-state index in [1.54, 1.807) is 0 Å². The number of ether oxygens (including phenoxy) is 5. The number of aliphatic hydroxyl groups excluding tert-OH is 3. The summed E-state index contributed by atoms with van der Waals surface area (Å²) in [6.45, 7) is 7.61. The van der Waals surface area contributed by atoms with E-state index in [4.69, 9.17) is 28.0 Å². The fraction of sp³-hybridized carbons (Fsp3) is 0.652. The van der Waals surface area contributed by atoms with E-state index in [-0.39, 0.29) is 12.7 Å². The molecule has 3 N–H and O–H groups in total. The van der Waals surface area contributed by atoms with E-state index in [0.29, 0.717) is 12.2 Å². The van der Waals surface area contributed by atoms with E-state index in [1.807, 2.05) is 52.0 Å². The van der Waals surface area contributed by atoms with Crippen LogP contribution in [0.2, 0.25) is 0 Å². The van der Waals surface area contributed by atoms with Crippen LogP contribution in [0.15, 0.2) is 34.9 Å². The molecule has 3 heterocycles. The van der Waals surface area contributed by atoms with E-state index in [2.05, 4.69) is 4.89 Å². The normalized spacial score (nSPS) is 38.0. The van der Waals surface area contributed by atoms with Gasteiger partial charge in [0.15, 0.2) is 12.0 Å². The lowest BCUT2D eigenvalue weighted by Gasteiger charge is -2.48. The lowest BCUT2D eigenvalue weighted by Crippen LogP contribution is -2.66. The van der Waals surface area contributed by atoms with E-state index in [1.165, 1.54) is 7.11 Å². The van der Waals surface area contributed by atoms with E-state index in [9.17, 15) is 15.3 Å². The van der Waals surface area contributed by atoms with Crippen molar-refractivity contribution >= 4 is 17.6 Å². The molecule has 7 atom stereocenters. The first kappa shape index (κ1) is 25.8. The Hall–Kier alpha value is -1.25. The summed E-state index contributed by atoms with van der Waals surface area (Å²) < 4.78 is 35.3. The molecule has 1 spiro atoms. The molecule has 6 unspecified atom stereocenters. The highest BCUT2D eigenvalue weighted by atomic mass is 32.2. The van der Waals surface area contributed by atoms with Gasteiger partial charge in [-0.15, -0.1) is 0 Å². The zero-order valence-corrected chi connectivity index (χ0v) is 20.6. The van der Waals surface area contributed by atoms with Crippen LogP contribution in [-0.2, 0) is 32.9 Å². The van der Waals surface area contributed by atoms with E-state index >= 15 is 0 Å². The zero-order chi connectivity index (χ0) is 24.7. The monoisotopic (exact) mass is 500 g/mol. The second-order valence-corrected chi connectivity index (χ2v) is 9.67. The van der Waals surface area contributed by atoms with Crippen LogP contribution in [0, 0.1) is 0 Å². The van der Waals surface area contributed by atoms with Gasteiger partial charge in [-0.1, -0.05) is 19.1 Å². The van der Waals surface area contributed by atoms with E-state index < -0.39 is 42.3 Å². The molecule has 2 fully saturated rings.